The maximum absolute atomic E-state index is 11.2. The summed E-state index contributed by atoms with van der Waals surface area (Å²) in [4.78, 5) is 11.2. The fourth-order valence-electron chi connectivity index (χ4n) is 3.13. The van der Waals surface area contributed by atoms with Crippen molar-refractivity contribution in [3.8, 4) is 0 Å². The Balaban J connectivity index is 3.04. The van der Waals surface area contributed by atoms with E-state index in [4.69, 9.17) is 9.84 Å². The molecule has 0 atom stereocenters. The van der Waals surface area contributed by atoms with Crippen molar-refractivity contribution in [1.82, 2.24) is 0 Å². The van der Waals surface area contributed by atoms with Crippen LogP contribution in [-0.4, -0.2) is 24.3 Å². The van der Waals surface area contributed by atoms with Crippen LogP contribution in [-0.2, 0) is 9.53 Å². The Bertz CT molecular complexity index is 266. The number of carbonyl (C=O) groups excluding carboxylic acids is 1. The predicted octanol–water partition coefficient (Wildman–Crippen LogP) is 6.56. The van der Waals surface area contributed by atoms with E-state index in [-0.39, 0.29) is 12.6 Å². The third-order valence-electron chi connectivity index (χ3n) is 4.80. The third-order valence-corrected chi connectivity index (χ3v) is 4.80. The molecule has 0 aromatic heterocycles. The second-order valence-electron chi connectivity index (χ2n) is 7.35. The van der Waals surface area contributed by atoms with Crippen molar-refractivity contribution in [2.24, 2.45) is 0 Å². The quantitative estimate of drug-likeness (QED) is 0.198. The molecule has 0 bridgehead atoms. The summed E-state index contributed by atoms with van der Waals surface area (Å²) < 4.78 is 5.11. The van der Waals surface area contributed by atoms with Crippen molar-refractivity contribution >= 4 is 5.97 Å². The van der Waals surface area contributed by atoms with Gasteiger partial charge in [0.25, 0.3) is 0 Å². The van der Waals surface area contributed by atoms with Crippen molar-refractivity contribution in [1.29, 1.82) is 0 Å². The van der Waals surface area contributed by atoms with Crippen LogP contribution in [0.15, 0.2) is 0 Å². The molecule has 0 aliphatic heterocycles. The number of hydrogen-bond donors (Lipinski definition) is 1. The van der Waals surface area contributed by atoms with E-state index >= 15 is 0 Å². The van der Waals surface area contributed by atoms with Gasteiger partial charge in [-0.2, -0.15) is 0 Å². The Labute approximate surface area is 156 Å². The molecule has 3 heteroatoms. The topological polar surface area (TPSA) is 46.5 Å². The minimum atomic E-state index is -0.171. The van der Waals surface area contributed by atoms with Gasteiger partial charge in [0.05, 0.1) is 6.61 Å². The van der Waals surface area contributed by atoms with Gasteiger partial charge in [0, 0.05) is 13.0 Å². The lowest BCUT2D eigenvalue weighted by Crippen LogP contribution is -2.06. The van der Waals surface area contributed by atoms with Crippen molar-refractivity contribution in [2.75, 3.05) is 13.2 Å². The minimum Gasteiger partial charge on any atom is -0.466 e. The number of ether oxygens (including phenoxy) is 1. The molecule has 0 amide bonds. The lowest BCUT2D eigenvalue weighted by Gasteiger charge is -2.05. The maximum atomic E-state index is 11.2. The van der Waals surface area contributed by atoms with Crippen LogP contribution >= 0.6 is 0 Å². The highest BCUT2D eigenvalue weighted by Gasteiger charge is 2.01. The zero-order chi connectivity index (χ0) is 18.4. The van der Waals surface area contributed by atoms with Crippen molar-refractivity contribution in [3.05, 3.63) is 0 Å². The standard InChI is InChI=1S/C22H44O3/c1-2-3-4-5-6-7-8-9-10-11-12-13-14-15-16-17-21-25-22(24)19-18-20-23/h23H,2-21H2,1H3. The average molecular weight is 357 g/mol. The highest BCUT2D eigenvalue weighted by atomic mass is 16.5. The van der Waals surface area contributed by atoms with E-state index in [0.29, 0.717) is 19.4 Å². The second-order valence-corrected chi connectivity index (χ2v) is 7.35. The Kier molecular flexibility index (Phi) is 21.0. The number of unbranched alkanes of at least 4 members (excludes halogenated alkanes) is 15. The number of carbonyl (C=O) groups is 1. The zero-order valence-corrected chi connectivity index (χ0v) is 16.9. The first kappa shape index (κ1) is 24.4. The minimum absolute atomic E-state index is 0.0636. The molecule has 0 radical (unpaired) electrons. The molecule has 0 rings (SSSR count). The maximum Gasteiger partial charge on any atom is 0.305 e. The number of aliphatic hydroxyl groups excluding tert-OH is 1. The Morgan fingerprint density at radius 2 is 1.04 bits per heavy atom. The second kappa shape index (κ2) is 21.5. The Hall–Kier alpha value is -0.570. The van der Waals surface area contributed by atoms with Gasteiger partial charge in [-0.1, -0.05) is 103 Å². The first-order valence-corrected chi connectivity index (χ1v) is 11.1. The molecule has 150 valence electrons. The van der Waals surface area contributed by atoms with Gasteiger partial charge in [0.15, 0.2) is 0 Å². The van der Waals surface area contributed by atoms with Gasteiger partial charge in [0.2, 0.25) is 0 Å². The van der Waals surface area contributed by atoms with Gasteiger partial charge < -0.3 is 9.84 Å². The average Bonchev–Trinajstić information content (AvgIpc) is 2.62. The molecule has 0 heterocycles. The van der Waals surface area contributed by atoms with Crippen LogP contribution in [0.2, 0.25) is 0 Å². The van der Waals surface area contributed by atoms with Crippen LogP contribution in [0.25, 0.3) is 0 Å². The third kappa shape index (κ3) is 21.4. The van der Waals surface area contributed by atoms with Crippen LogP contribution < -0.4 is 0 Å². The molecule has 0 spiro atoms. The highest BCUT2D eigenvalue weighted by molar-refractivity contribution is 5.69. The number of rotatable bonds is 20. The van der Waals surface area contributed by atoms with Crippen molar-refractivity contribution < 1.29 is 14.6 Å². The summed E-state index contributed by atoms with van der Waals surface area (Å²) in [5.74, 6) is -0.171. The summed E-state index contributed by atoms with van der Waals surface area (Å²) in [5.41, 5.74) is 0. The first-order valence-electron chi connectivity index (χ1n) is 11.1. The van der Waals surface area contributed by atoms with Gasteiger partial charge in [-0.25, -0.2) is 0 Å². The summed E-state index contributed by atoms with van der Waals surface area (Å²) >= 11 is 0. The van der Waals surface area contributed by atoms with Crippen LogP contribution in [0.5, 0.6) is 0 Å². The monoisotopic (exact) mass is 356 g/mol. The number of esters is 1. The van der Waals surface area contributed by atoms with E-state index < -0.39 is 0 Å². The molecule has 0 saturated heterocycles. The van der Waals surface area contributed by atoms with Crippen LogP contribution in [0.4, 0.5) is 0 Å². The molecule has 0 aliphatic rings. The van der Waals surface area contributed by atoms with Crippen LogP contribution in [0, 0.1) is 0 Å². The lowest BCUT2D eigenvalue weighted by atomic mass is 10.0. The highest BCUT2D eigenvalue weighted by Crippen LogP contribution is 2.13. The number of aliphatic hydroxyl groups is 1. The van der Waals surface area contributed by atoms with E-state index in [0.717, 1.165) is 12.8 Å². The molecule has 0 aliphatic carbocycles. The SMILES string of the molecule is CCCCCCCCCCCCCCCCCCOC(=O)CCCO. The molecule has 0 fully saturated rings. The predicted molar refractivity (Wildman–Crippen MR) is 107 cm³/mol. The molecule has 0 saturated carbocycles. The van der Waals surface area contributed by atoms with E-state index in [9.17, 15) is 4.79 Å². The van der Waals surface area contributed by atoms with E-state index in [2.05, 4.69) is 6.92 Å². The van der Waals surface area contributed by atoms with E-state index in [1.807, 2.05) is 0 Å². The lowest BCUT2D eigenvalue weighted by molar-refractivity contribution is -0.144. The molecule has 1 N–H and O–H groups in total. The molecular formula is C22H44O3. The van der Waals surface area contributed by atoms with Gasteiger partial charge in [-0.3, -0.25) is 4.79 Å². The van der Waals surface area contributed by atoms with E-state index in [1.165, 1.54) is 89.9 Å². The number of hydrogen-bond acceptors (Lipinski definition) is 3. The summed E-state index contributed by atoms with van der Waals surface area (Å²) in [6.45, 7) is 2.88. The molecule has 25 heavy (non-hydrogen) atoms. The first-order chi connectivity index (χ1) is 12.3. The van der Waals surface area contributed by atoms with E-state index in [1.54, 1.807) is 0 Å². The molecule has 0 aromatic carbocycles. The van der Waals surface area contributed by atoms with Gasteiger partial charge in [-0.15, -0.1) is 0 Å². The summed E-state index contributed by atoms with van der Waals surface area (Å²) in [6.07, 6.45) is 22.5. The molecule has 0 aromatic rings. The summed E-state index contributed by atoms with van der Waals surface area (Å²) in [7, 11) is 0. The Morgan fingerprint density at radius 1 is 0.640 bits per heavy atom. The fraction of sp³-hybridized carbons (Fsp3) is 0.955. The Morgan fingerprint density at radius 3 is 1.44 bits per heavy atom. The molecular weight excluding hydrogens is 312 g/mol. The van der Waals surface area contributed by atoms with Gasteiger partial charge in [0.1, 0.15) is 0 Å². The van der Waals surface area contributed by atoms with Gasteiger partial charge in [-0.05, 0) is 12.8 Å². The smallest absolute Gasteiger partial charge is 0.305 e. The summed E-state index contributed by atoms with van der Waals surface area (Å²) in [6, 6.07) is 0. The fourth-order valence-corrected chi connectivity index (χ4v) is 3.13. The van der Waals surface area contributed by atoms with Crippen LogP contribution in [0.1, 0.15) is 122 Å². The van der Waals surface area contributed by atoms with Crippen molar-refractivity contribution in [2.45, 2.75) is 122 Å². The molecule has 0 unspecified atom stereocenters. The normalized spacial score (nSPS) is 11.0. The molecule has 3 nitrogen and oxygen atoms in total. The largest absolute Gasteiger partial charge is 0.466 e. The zero-order valence-electron chi connectivity index (χ0n) is 16.9. The van der Waals surface area contributed by atoms with Crippen molar-refractivity contribution in [3.63, 3.8) is 0 Å². The summed E-state index contributed by atoms with van der Waals surface area (Å²) in [5, 5.41) is 8.63. The van der Waals surface area contributed by atoms with Gasteiger partial charge >= 0.3 is 5.97 Å². The van der Waals surface area contributed by atoms with Crippen LogP contribution in [0.3, 0.4) is 0 Å².